The van der Waals surface area contributed by atoms with Crippen LogP contribution in [0.15, 0.2) is 46.6 Å². The topological polar surface area (TPSA) is 87.2 Å². The Labute approximate surface area is 215 Å². The lowest BCUT2D eigenvalue weighted by molar-refractivity contribution is -0.138. The van der Waals surface area contributed by atoms with Crippen molar-refractivity contribution in [3.8, 4) is 0 Å². The fourth-order valence-electron chi connectivity index (χ4n) is 3.73. The maximum atomic E-state index is 12.9. The Bertz CT molecular complexity index is 1170. The number of piperazine rings is 1. The van der Waals surface area contributed by atoms with Crippen molar-refractivity contribution in [3.05, 3.63) is 52.1 Å². The van der Waals surface area contributed by atoms with Gasteiger partial charge in [0.15, 0.2) is 5.78 Å². The first-order valence-corrected chi connectivity index (χ1v) is 12.8. The molecule has 2 atom stereocenters. The highest BCUT2D eigenvalue weighted by atomic mass is 79.9. The van der Waals surface area contributed by atoms with Gasteiger partial charge in [-0.25, -0.2) is 9.97 Å². The van der Waals surface area contributed by atoms with Gasteiger partial charge in [0, 0.05) is 48.9 Å². The lowest BCUT2D eigenvalue weighted by atomic mass is 9.93. The van der Waals surface area contributed by atoms with E-state index in [9.17, 15) is 18.4 Å². The van der Waals surface area contributed by atoms with Crippen LogP contribution in [-0.4, -0.2) is 52.8 Å². The maximum Gasteiger partial charge on any atom is 0.302 e. The fraction of sp³-hybridized carbons (Fsp3) is 0.417. The molecule has 0 radical (unpaired) electrons. The van der Waals surface area contributed by atoms with Crippen LogP contribution in [0.2, 0.25) is 0 Å². The SMILES string of the molecule is C=C/C=C(NC(=O)c1csc2ncc(N3CC4CCC3CN4)nc12)\C(Br)=C/C.CC(=O)C(C)(F)F. The molecule has 3 fully saturated rings. The number of allylic oxidation sites excluding steroid dienone is 4. The van der Waals surface area contributed by atoms with Crippen LogP contribution in [0, 0.1) is 0 Å². The molecular formula is C24H28BrF2N5O2S. The zero-order valence-corrected chi connectivity index (χ0v) is 22.2. The molecular weight excluding hydrogens is 540 g/mol. The van der Waals surface area contributed by atoms with E-state index in [0.29, 0.717) is 35.8 Å². The second kappa shape index (κ2) is 11.5. The summed E-state index contributed by atoms with van der Waals surface area (Å²) in [6.07, 6.45) is 9.48. The van der Waals surface area contributed by atoms with Crippen LogP contribution in [0.5, 0.6) is 0 Å². The van der Waals surface area contributed by atoms with E-state index in [1.807, 2.05) is 24.6 Å². The number of rotatable bonds is 6. The Balaban J connectivity index is 0.000000429. The Kier molecular flexibility index (Phi) is 8.89. The summed E-state index contributed by atoms with van der Waals surface area (Å²) >= 11 is 4.90. The average Bonchev–Trinajstić information content (AvgIpc) is 3.27. The quantitative estimate of drug-likeness (QED) is 0.480. The number of halogens is 3. The number of nitrogens with one attached hydrogen (secondary N) is 2. The summed E-state index contributed by atoms with van der Waals surface area (Å²) in [4.78, 5) is 35.1. The van der Waals surface area contributed by atoms with Gasteiger partial charge >= 0.3 is 5.92 Å². The number of carbonyl (C=O) groups excluding carboxylic acids is 2. The van der Waals surface area contributed by atoms with Gasteiger partial charge in [0.25, 0.3) is 5.91 Å². The molecule has 5 rings (SSSR count). The molecule has 0 saturated carbocycles. The summed E-state index contributed by atoms with van der Waals surface area (Å²) in [6, 6.07) is 0.956. The van der Waals surface area contributed by atoms with E-state index in [1.165, 1.54) is 24.2 Å². The van der Waals surface area contributed by atoms with Crippen LogP contribution in [0.25, 0.3) is 10.3 Å². The van der Waals surface area contributed by atoms with Crippen molar-refractivity contribution in [1.29, 1.82) is 0 Å². The van der Waals surface area contributed by atoms with Crippen molar-refractivity contribution < 1.29 is 18.4 Å². The normalized spacial score (nSPS) is 20.3. The van der Waals surface area contributed by atoms with Gasteiger partial charge in [0.1, 0.15) is 16.2 Å². The van der Waals surface area contributed by atoms with Gasteiger partial charge in [-0.15, -0.1) is 11.3 Å². The van der Waals surface area contributed by atoms with Gasteiger partial charge in [-0.2, -0.15) is 8.78 Å². The Morgan fingerprint density at radius 3 is 2.63 bits per heavy atom. The highest BCUT2D eigenvalue weighted by Crippen LogP contribution is 2.30. The number of piperidine rings is 2. The third-order valence-electron chi connectivity index (χ3n) is 5.82. The third kappa shape index (κ3) is 6.59. The van der Waals surface area contributed by atoms with Crippen LogP contribution in [0.4, 0.5) is 14.6 Å². The van der Waals surface area contributed by atoms with E-state index >= 15 is 0 Å². The van der Waals surface area contributed by atoms with E-state index in [2.05, 4.69) is 43.0 Å². The number of carbonyl (C=O) groups is 2. The summed E-state index contributed by atoms with van der Waals surface area (Å²) in [6.45, 7) is 8.97. The molecule has 2 bridgehead atoms. The highest BCUT2D eigenvalue weighted by molar-refractivity contribution is 9.12. The molecule has 3 aliphatic heterocycles. The standard InChI is InChI=1S/C20H22BrN5OS.C4H6F2O/c1-3-5-16(15(21)4-2)24-19(27)14-11-28-20-18(14)25-17(9-23-20)26-10-12-6-7-13(26)8-22-12;1-3(7)4(2,5)6/h3-5,9,11-13,22H,1,6-8,10H2,2H3,(H,24,27);1-2H3/b15-4+,16-5+;. The summed E-state index contributed by atoms with van der Waals surface area (Å²) in [5, 5.41) is 8.32. The van der Waals surface area contributed by atoms with Gasteiger partial charge in [-0.3, -0.25) is 9.59 Å². The molecule has 0 aromatic carbocycles. The molecule has 5 heterocycles. The first-order chi connectivity index (χ1) is 16.5. The Morgan fingerprint density at radius 1 is 1.40 bits per heavy atom. The van der Waals surface area contributed by atoms with Crippen molar-refractivity contribution in [2.24, 2.45) is 0 Å². The van der Waals surface area contributed by atoms with E-state index < -0.39 is 11.7 Å². The number of hydrogen-bond donors (Lipinski definition) is 2. The minimum atomic E-state index is -3.14. The molecule has 2 aromatic heterocycles. The van der Waals surface area contributed by atoms with Crippen LogP contribution in [0.3, 0.4) is 0 Å². The van der Waals surface area contributed by atoms with Crippen molar-refractivity contribution in [2.45, 2.75) is 51.6 Å². The van der Waals surface area contributed by atoms with Gasteiger partial charge in [0.05, 0.1) is 17.5 Å². The van der Waals surface area contributed by atoms with Crippen molar-refractivity contribution in [3.63, 3.8) is 0 Å². The number of alkyl halides is 2. The van der Waals surface area contributed by atoms with E-state index in [1.54, 1.807) is 12.2 Å². The smallest absolute Gasteiger partial charge is 0.302 e. The van der Waals surface area contributed by atoms with Crippen molar-refractivity contribution in [2.75, 3.05) is 18.0 Å². The minimum absolute atomic E-state index is 0.202. The Hall–Kier alpha value is -2.50. The molecule has 1 amide bonds. The summed E-state index contributed by atoms with van der Waals surface area (Å²) in [5.41, 5.74) is 1.86. The first kappa shape index (κ1) is 27.1. The third-order valence-corrected chi connectivity index (χ3v) is 7.58. The second-order valence-electron chi connectivity index (χ2n) is 8.37. The van der Waals surface area contributed by atoms with Crippen LogP contribution < -0.4 is 15.5 Å². The van der Waals surface area contributed by atoms with Crippen LogP contribution in [-0.2, 0) is 4.79 Å². The second-order valence-corrected chi connectivity index (χ2v) is 10.1. The molecule has 7 nitrogen and oxygen atoms in total. The molecule has 188 valence electrons. The largest absolute Gasteiger partial charge is 0.349 e. The number of Topliss-reactive ketones (excluding diaryl/α,β-unsaturated/α-hetero) is 1. The summed E-state index contributed by atoms with van der Waals surface area (Å²) in [5.74, 6) is -3.58. The number of hydrogen-bond acceptors (Lipinski definition) is 7. The predicted octanol–water partition coefficient (Wildman–Crippen LogP) is 4.96. The minimum Gasteiger partial charge on any atom is -0.349 e. The Morgan fingerprint density at radius 2 is 2.11 bits per heavy atom. The molecule has 35 heavy (non-hydrogen) atoms. The first-order valence-electron chi connectivity index (χ1n) is 11.1. The van der Waals surface area contributed by atoms with Gasteiger partial charge < -0.3 is 15.5 Å². The number of aromatic nitrogens is 2. The predicted molar refractivity (Wildman–Crippen MR) is 139 cm³/mol. The number of ketones is 1. The summed E-state index contributed by atoms with van der Waals surface area (Å²) in [7, 11) is 0. The highest BCUT2D eigenvalue weighted by Gasteiger charge is 2.34. The van der Waals surface area contributed by atoms with Gasteiger partial charge in [-0.05, 0) is 41.8 Å². The molecule has 3 saturated heterocycles. The lowest BCUT2D eigenvalue weighted by Gasteiger charge is -2.46. The van der Waals surface area contributed by atoms with Gasteiger partial charge in [-0.1, -0.05) is 18.7 Å². The molecule has 3 aliphatic rings. The maximum absolute atomic E-state index is 12.9. The molecule has 11 heteroatoms. The summed E-state index contributed by atoms with van der Waals surface area (Å²) < 4.78 is 23.8. The number of nitrogens with zero attached hydrogens (tertiary/aromatic N) is 3. The monoisotopic (exact) mass is 567 g/mol. The van der Waals surface area contributed by atoms with E-state index in [4.69, 9.17) is 4.98 Å². The van der Waals surface area contributed by atoms with Crippen molar-refractivity contribution >= 4 is 55.1 Å². The number of fused-ring (bicyclic) bond motifs is 4. The van der Waals surface area contributed by atoms with Gasteiger partial charge in [0.2, 0.25) is 0 Å². The van der Waals surface area contributed by atoms with E-state index in [0.717, 1.165) is 35.1 Å². The van der Waals surface area contributed by atoms with Crippen LogP contribution in [0.1, 0.15) is 44.0 Å². The van der Waals surface area contributed by atoms with Crippen molar-refractivity contribution in [1.82, 2.24) is 20.6 Å². The molecule has 0 spiro atoms. The molecule has 2 N–H and O–H groups in total. The fourth-order valence-corrected chi connectivity index (χ4v) is 4.79. The average molecular weight is 568 g/mol. The van der Waals surface area contributed by atoms with E-state index in [-0.39, 0.29) is 5.91 Å². The zero-order valence-electron chi connectivity index (χ0n) is 19.8. The number of thiophene rings is 1. The van der Waals surface area contributed by atoms with Crippen LogP contribution >= 0.6 is 27.3 Å². The lowest BCUT2D eigenvalue weighted by Crippen LogP contribution is -2.61. The number of anilines is 1. The number of amides is 1. The molecule has 2 unspecified atom stereocenters. The molecule has 2 aromatic rings. The molecule has 0 aliphatic carbocycles. The zero-order chi connectivity index (χ0) is 25.8.